The van der Waals surface area contributed by atoms with Crippen LogP contribution in [-0.2, 0) is 9.59 Å². The van der Waals surface area contributed by atoms with Crippen molar-refractivity contribution in [1.82, 2.24) is 0 Å². The highest BCUT2D eigenvalue weighted by molar-refractivity contribution is 6.10. The second-order valence-corrected chi connectivity index (χ2v) is 11.0. The van der Waals surface area contributed by atoms with E-state index in [1.165, 1.54) is 50.6 Å². The Morgan fingerprint density at radius 1 is 0.755 bits per heavy atom. The van der Waals surface area contributed by atoms with E-state index in [4.69, 9.17) is 9.47 Å². The van der Waals surface area contributed by atoms with Gasteiger partial charge in [0, 0.05) is 0 Å². The number of carbonyl (C=O) groups is 4. The molecule has 0 unspecified atom stereocenters. The van der Waals surface area contributed by atoms with E-state index < -0.39 is 70.4 Å². The lowest BCUT2D eigenvalue weighted by atomic mass is 9.80. The van der Waals surface area contributed by atoms with Crippen molar-refractivity contribution < 1.29 is 64.4 Å². The number of hydrogen-bond donors (Lipinski definition) is 8. The fourth-order valence-electron chi connectivity index (χ4n) is 5.97. The summed E-state index contributed by atoms with van der Waals surface area (Å²) in [5.41, 5.74) is -1.40. The van der Waals surface area contributed by atoms with Gasteiger partial charge in [-0.15, -0.1) is 0 Å². The minimum atomic E-state index is -1.81. The van der Waals surface area contributed by atoms with Crippen molar-refractivity contribution in [2.45, 2.75) is 12.1 Å². The molecular formula is C34H30N2O13. The van der Waals surface area contributed by atoms with Crippen LogP contribution in [-0.4, -0.2) is 73.7 Å². The van der Waals surface area contributed by atoms with Crippen LogP contribution in [0.3, 0.4) is 0 Å². The molecule has 5 rings (SSSR count). The molecule has 1 aliphatic heterocycles. The van der Waals surface area contributed by atoms with Gasteiger partial charge in [-0.05, 0) is 71.8 Å². The standard InChI is InChI=1S/C34H30N2O13/c1-48-25-11-15(3-9-23(25)39)29-27(31(42)35-21-7-5-17(37)13-19(21)33(44)45)28(30(41)16-4-10-24(40)26(12-16)49-2)32(43)36(29)22-8-6-18(38)14-20(22)34(46)47/h3-14,27-30,37-41H,1-2H3,(H,35,42)(H,44,45)(H,46,47)/t27-,28+,29+,30+/m0/s1. The van der Waals surface area contributed by atoms with Gasteiger partial charge in [0.05, 0.1) is 60.7 Å². The highest BCUT2D eigenvalue weighted by Gasteiger charge is 2.56. The molecule has 0 bridgehead atoms. The smallest absolute Gasteiger partial charge is 0.337 e. The van der Waals surface area contributed by atoms with E-state index in [1.54, 1.807) is 0 Å². The number of carboxylic acids is 2. The Morgan fingerprint density at radius 2 is 1.33 bits per heavy atom. The summed E-state index contributed by atoms with van der Waals surface area (Å²) in [6.07, 6.45) is -1.81. The predicted molar refractivity (Wildman–Crippen MR) is 170 cm³/mol. The Balaban J connectivity index is 1.78. The monoisotopic (exact) mass is 674 g/mol. The molecule has 0 saturated carbocycles. The molecule has 4 aromatic carbocycles. The number of aromatic carboxylic acids is 2. The molecule has 0 radical (unpaired) electrons. The Bertz CT molecular complexity index is 1980. The van der Waals surface area contributed by atoms with Gasteiger partial charge in [-0.3, -0.25) is 9.59 Å². The van der Waals surface area contributed by atoms with Crippen molar-refractivity contribution in [3.63, 3.8) is 0 Å². The van der Waals surface area contributed by atoms with E-state index >= 15 is 0 Å². The maximum absolute atomic E-state index is 14.6. The minimum Gasteiger partial charge on any atom is -0.508 e. The first-order valence-electron chi connectivity index (χ1n) is 14.5. The molecule has 1 saturated heterocycles. The zero-order chi connectivity index (χ0) is 35.7. The van der Waals surface area contributed by atoms with Crippen molar-refractivity contribution in [2.24, 2.45) is 11.8 Å². The zero-order valence-corrected chi connectivity index (χ0v) is 25.8. The number of carboxylic acid groups (broad SMARTS) is 2. The number of aliphatic hydroxyl groups excluding tert-OH is 1. The van der Waals surface area contributed by atoms with Crippen LogP contribution >= 0.6 is 0 Å². The second kappa shape index (κ2) is 13.3. The number of nitrogens with zero attached hydrogens (tertiary/aromatic N) is 1. The third-order valence-corrected chi connectivity index (χ3v) is 8.22. The molecule has 1 fully saturated rings. The highest BCUT2D eigenvalue weighted by Crippen LogP contribution is 2.51. The number of benzene rings is 4. The van der Waals surface area contributed by atoms with Gasteiger partial charge in [0.25, 0.3) is 0 Å². The molecule has 0 aliphatic carbocycles. The molecule has 0 aromatic heterocycles. The van der Waals surface area contributed by atoms with E-state index in [0.29, 0.717) is 0 Å². The number of aliphatic hydroxyl groups is 1. The molecule has 4 aromatic rings. The van der Waals surface area contributed by atoms with Crippen molar-refractivity contribution >= 4 is 35.1 Å². The predicted octanol–water partition coefficient (Wildman–Crippen LogP) is 3.62. The van der Waals surface area contributed by atoms with E-state index in [-0.39, 0.29) is 45.5 Å². The van der Waals surface area contributed by atoms with Gasteiger partial charge in [0.1, 0.15) is 11.5 Å². The van der Waals surface area contributed by atoms with Gasteiger partial charge < -0.3 is 55.4 Å². The van der Waals surface area contributed by atoms with Crippen molar-refractivity contribution in [2.75, 3.05) is 24.4 Å². The lowest BCUT2D eigenvalue weighted by molar-refractivity contribution is -0.130. The van der Waals surface area contributed by atoms with Gasteiger partial charge in [0.15, 0.2) is 23.0 Å². The van der Waals surface area contributed by atoms with Crippen LogP contribution in [0.15, 0.2) is 72.8 Å². The Kier molecular flexibility index (Phi) is 9.21. The second-order valence-electron chi connectivity index (χ2n) is 11.0. The topological polar surface area (TPSA) is 244 Å². The van der Waals surface area contributed by atoms with Crippen molar-refractivity contribution in [3.8, 4) is 34.5 Å². The normalized spacial score (nSPS) is 17.7. The summed E-state index contributed by atoms with van der Waals surface area (Å²) in [7, 11) is 2.51. The number of anilines is 2. The van der Waals surface area contributed by atoms with E-state index in [2.05, 4.69) is 5.32 Å². The quantitative estimate of drug-likeness (QED) is 0.112. The number of amides is 2. The maximum atomic E-state index is 14.6. The van der Waals surface area contributed by atoms with E-state index in [1.807, 2.05) is 0 Å². The summed E-state index contributed by atoms with van der Waals surface area (Å²) in [5, 5.41) is 74.7. The SMILES string of the molecule is COc1cc([C@@H](O)[C@@H]2C(=O)N(c3ccc(O)cc3C(=O)O)[C@H](c3ccc(O)c(OC)c3)[C@H]2C(=O)Nc2ccc(O)cc2C(=O)O)ccc1O. The number of nitrogens with one attached hydrogen (secondary N) is 1. The zero-order valence-electron chi connectivity index (χ0n) is 25.8. The summed E-state index contributed by atoms with van der Waals surface area (Å²) in [6.45, 7) is 0. The Hall–Kier alpha value is -6.48. The van der Waals surface area contributed by atoms with Crippen LogP contribution < -0.4 is 19.7 Å². The largest absolute Gasteiger partial charge is 0.508 e. The van der Waals surface area contributed by atoms with Crippen LogP contribution in [0.25, 0.3) is 0 Å². The van der Waals surface area contributed by atoms with Gasteiger partial charge in [-0.1, -0.05) is 12.1 Å². The van der Waals surface area contributed by atoms with Gasteiger partial charge in [0.2, 0.25) is 11.8 Å². The molecule has 1 aliphatic rings. The average Bonchev–Trinajstić information content (AvgIpc) is 3.37. The van der Waals surface area contributed by atoms with Crippen LogP contribution in [0.1, 0.15) is 44.0 Å². The van der Waals surface area contributed by atoms with Crippen molar-refractivity contribution in [1.29, 1.82) is 0 Å². The fourth-order valence-corrected chi connectivity index (χ4v) is 5.97. The van der Waals surface area contributed by atoms with Gasteiger partial charge in [-0.25, -0.2) is 9.59 Å². The molecule has 0 spiro atoms. The van der Waals surface area contributed by atoms with E-state index in [9.17, 15) is 54.9 Å². The van der Waals surface area contributed by atoms with Gasteiger partial charge in [-0.2, -0.15) is 0 Å². The van der Waals surface area contributed by atoms with Crippen LogP contribution in [0.5, 0.6) is 34.5 Å². The van der Waals surface area contributed by atoms with Crippen LogP contribution in [0, 0.1) is 11.8 Å². The Morgan fingerprint density at radius 3 is 1.94 bits per heavy atom. The maximum Gasteiger partial charge on any atom is 0.337 e. The molecule has 254 valence electrons. The highest BCUT2D eigenvalue weighted by atomic mass is 16.5. The number of rotatable bonds is 10. The summed E-state index contributed by atoms with van der Waals surface area (Å²) < 4.78 is 10.4. The lowest BCUT2D eigenvalue weighted by Gasteiger charge is -2.30. The summed E-state index contributed by atoms with van der Waals surface area (Å²) in [5.74, 6) is -9.91. The molecule has 8 N–H and O–H groups in total. The number of hydrogen-bond acceptors (Lipinski definition) is 11. The molecule has 49 heavy (non-hydrogen) atoms. The molecule has 15 nitrogen and oxygen atoms in total. The first kappa shape index (κ1) is 33.9. The number of methoxy groups -OCH3 is 2. The summed E-state index contributed by atoms with van der Waals surface area (Å²) in [4.78, 5) is 54.5. The summed E-state index contributed by atoms with van der Waals surface area (Å²) >= 11 is 0. The third-order valence-electron chi connectivity index (χ3n) is 8.22. The number of ether oxygens (including phenoxy) is 2. The summed E-state index contributed by atoms with van der Waals surface area (Å²) in [6, 6.07) is 12.5. The molecule has 4 atom stereocenters. The van der Waals surface area contributed by atoms with Crippen LogP contribution in [0.4, 0.5) is 11.4 Å². The number of phenolic OH excluding ortho intramolecular Hbond substituents is 4. The molecular weight excluding hydrogens is 644 g/mol. The molecule has 1 heterocycles. The number of phenols is 4. The van der Waals surface area contributed by atoms with Crippen molar-refractivity contribution in [3.05, 3.63) is 95.1 Å². The number of aromatic hydroxyl groups is 4. The molecule has 15 heteroatoms. The first-order chi connectivity index (χ1) is 23.3. The Labute approximate surface area is 277 Å². The van der Waals surface area contributed by atoms with Crippen LogP contribution in [0.2, 0.25) is 0 Å². The fraction of sp³-hybridized carbons (Fsp3) is 0.176. The third kappa shape index (κ3) is 6.29. The lowest BCUT2D eigenvalue weighted by Crippen LogP contribution is -2.35. The number of carbonyl (C=O) groups excluding carboxylic acids is 2. The first-order valence-corrected chi connectivity index (χ1v) is 14.5. The minimum absolute atomic E-state index is 0.0229. The molecule has 2 amide bonds. The van der Waals surface area contributed by atoms with E-state index in [0.717, 1.165) is 41.3 Å². The average molecular weight is 675 g/mol. The van der Waals surface area contributed by atoms with Gasteiger partial charge >= 0.3 is 11.9 Å².